The molecule has 0 spiro atoms. The molecule has 184 valence electrons. The van der Waals surface area contributed by atoms with Gasteiger partial charge in [-0.05, 0) is 42.3 Å². The average Bonchev–Trinajstić information content (AvgIpc) is 3.62. The van der Waals surface area contributed by atoms with E-state index in [0.717, 1.165) is 33.7 Å². The van der Waals surface area contributed by atoms with Crippen molar-refractivity contribution in [2.45, 2.75) is 13.0 Å². The molecule has 0 aliphatic heterocycles. The van der Waals surface area contributed by atoms with Crippen LogP contribution in [0.4, 0.5) is 16.2 Å². The lowest BCUT2D eigenvalue weighted by Crippen LogP contribution is -2.14. The van der Waals surface area contributed by atoms with Gasteiger partial charge in [-0.2, -0.15) is 10.2 Å². The lowest BCUT2D eigenvalue weighted by atomic mass is 9.99. The van der Waals surface area contributed by atoms with Gasteiger partial charge in [-0.15, -0.1) is 5.10 Å². The smallest absolute Gasteiger partial charge is 0.228 e. The fraction of sp³-hybridized carbons (Fsp3) is 0.154. The highest BCUT2D eigenvalue weighted by molar-refractivity contribution is 5.81. The minimum absolute atomic E-state index is 0.266. The number of aromatic nitrogens is 9. The molecule has 1 unspecified atom stereocenters. The van der Waals surface area contributed by atoms with E-state index in [-0.39, 0.29) is 5.82 Å². The van der Waals surface area contributed by atoms with Gasteiger partial charge in [0.05, 0.1) is 23.6 Å². The predicted molar refractivity (Wildman–Crippen MR) is 137 cm³/mol. The van der Waals surface area contributed by atoms with Crippen LogP contribution in [-0.2, 0) is 14.1 Å². The Balaban J connectivity index is 1.39. The molecule has 37 heavy (non-hydrogen) atoms. The van der Waals surface area contributed by atoms with Crippen molar-refractivity contribution in [3.05, 3.63) is 95.8 Å². The Kier molecular flexibility index (Phi) is 5.44. The van der Waals surface area contributed by atoms with Crippen LogP contribution in [0.3, 0.4) is 0 Å². The quantitative estimate of drug-likeness (QED) is 0.370. The number of nitrogens with one attached hydrogen (secondary N) is 1. The molecule has 1 atom stereocenters. The molecule has 0 saturated carbocycles. The molecule has 11 heteroatoms. The summed E-state index contributed by atoms with van der Waals surface area (Å²) in [7, 11) is 3.69. The van der Waals surface area contributed by atoms with Gasteiger partial charge in [0.1, 0.15) is 23.2 Å². The number of anilines is 2. The first-order valence-corrected chi connectivity index (χ1v) is 11.6. The molecule has 10 nitrogen and oxygen atoms in total. The minimum atomic E-state index is -0.395. The molecule has 0 amide bonds. The Bertz CT molecular complexity index is 1730. The molecule has 2 aromatic carbocycles. The molecule has 1 N–H and O–H groups in total. The zero-order valence-corrected chi connectivity index (χ0v) is 20.4. The minimum Gasteiger partial charge on any atom is -0.309 e. The molecule has 0 bridgehead atoms. The lowest BCUT2D eigenvalue weighted by molar-refractivity contribution is 0.575. The van der Waals surface area contributed by atoms with Gasteiger partial charge in [0.15, 0.2) is 0 Å². The van der Waals surface area contributed by atoms with Crippen LogP contribution in [-0.4, -0.2) is 44.5 Å². The number of fused-ring (bicyclic) bond motifs is 1. The van der Waals surface area contributed by atoms with Crippen LogP contribution >= 0.6 is 0 Å². The molecule has 0 saturated heterocycles. The highest BCUT2D eigenvalue weighted by Crippen LogP contribution is 2.31. The summed E-state index contributed by atoms with van der Waals surface area (Å²) in [5.41, 5.74) is 5.33. The first kappa shape index (κ1) is 22.5. The third-order valence-electron chi connectivity index (χ3n) is 6.28. The summed E-state index contributed by atoms with van der Waals surface area (Å²) in [6, 6.07) is 14.4. The Hall–Kier alpha value is -4.93. The second kappa shape index (κ2) is 8.94. The summed E-state index contributed by atoms with van der Waals surface area (Å²) in [5.74, 6) is 0.977. The summed E-state index contributed by atoms with van der Waals surface area (Å²) >= 11 is 0. The van der Waals surface area contributed by atoms with Gasteiger partial charge in [0.25, 0.3) is 0 Å². The van der Waals surface area contributed by atoms with Crippen molar-refractivity contribution in [1.82, 2.24) is 44.5 Å². The van der Waals surface area contributed by atoms with Gasteiger partial charge in [-0.25, -0.2) is 19.0 Å². The lowest BCUT2D eigenvalue weighted by Gasteiger charge is -2.18. The van der Waals surface area contributed by atoms with E-state index >= 15 is 0 Å². The van der Waals surface area contributed by atoms with E-state index in [4.69, 9.17) is 0 Å². The number of hydrogen-bond acceptors (Lipinski definition) is 7. The summed E-state index contributed by atoms with van der Waals surface area (Å²) in [4.78, 5) is 8.97. The second-order valence-corrected chi connectivity index (χ2v) is 8.83. The Morgan fingerprint density at radius 3 is 2.59 bits per heavy atom. The zero-order chi connectivity index (χ0) is 25.5. The van der Waals surface area contributed by atoms with E-state index in [1.54, 1.807) is 51.7 Å². The fourth-order valence-electron chi connectivity index (χ4n) is 4.32. The van der Waals surface area contributed by atoms with Crippen LogP contribution in [0.15, 0.2) is 73.3 Å². The number of aryl methyl sites for hydroxylation is 3. The van der Waals surface area contributed by atoms with Crippen molar-refractivity contribution in [1.29, 1.82) is 0 Å². The molecular weight excluding hydrogens is 471 g/mol. The van der Waals surface area contributed by atoms with Crippen LogP contribution in [0.1, 0.15) is 22.7 Å². The first-order chi connectivity index (χ1) is 18.0. The Morgan fingerprint density at radius 1 is 0.946 bits per heavy atom. The fourth-order valence-corrected chi connectivity index (χ4v) is 4.32. The van der Waals surface area contributed by atoms with Gasteiger partial charge in [0.2, 0.25) is 5.95 Å². The van der Waals surface area contributed by atoms with E-state index in [1.807, 2.05) is 56.7 Å². The van der Waals surface area contributed by atoms with Crippen molar-refractivity contribution >= 4 is 22.8 Å². The van der Waals surface area contributed by atoms with E-state index < -0.39 is 6.04 Å². The zero-order valence-electron chi connectivity index (χ0n) is 20.4. The molecule has 4 heterocycles. The molecule has 0 aliphatic carbocycles. The maximum absolute atomic E-state index is 14.5. The molecule has 0 aliphatic rings. The van der Waals surface area contributed by atoms with Crippen LogP contribution in [0.2, 0.25) is 0 Å². The highest BCUT2D eigenvalue weighted by atomic mass is 19.1. The van der Waals surface area contributed by atoms with Gasteiger partial charge < -0.3 is 5.32 Å². The van der Waals surface area contributed by atoms with Gasteiger partial charge in [-0.3, -0.25) is 9.36 Å². The van der Waals surface area contributed by atoms with Gasteiger partial charge in [0, 0.05) is 43.7 Å². The third kappa shape index (κ3) is 4.20. The summed E-state index contributed by atoms with van der Waals surface area (Å²) in [5, 5.41) is 20.6. The molecule has 4 aromatic heterocycles. The Morgan fingerprint density at radius 2 is 1.84 bits per heavy atom. The van der Waals surface area contributed by atoms with Gasteiger partial charge >= 0.3 is 0 Å². The van der Waals surface area contributed by atoms with Crippen LogP contribution in [0, 0.1) is 12.7 Å². The van der Waals surface area contributed by atoms with E-state index in [0.29, 0.717) is 17.0 Å². The van der Waals surface area contributed by atoms with Crippen LogP contribution < -0.4 is 5.32 Å². The average molecular weight is 495 g/mol. The standard InChI is InChI=1S/C26H23FN10/c1-16-4-5-18(12-20(16)27)25(19-14-30-35(2)15-19)37-23-7-6-17(13-22(23)33-34-37)21-8-10-28-26(31-21)32-24-9-11-29-36(24)3/h4-15,25H,1-3H3,(H,28,31,32). The topological polar surface area (TPSA) is 104 Å². The van der Waals surface area contributed by atoms with Crippen molar-refractivity contribution in [3.8, 4) is 11.3 Å². The SMILES string of the molecule is Cc1ccc(C(c2cnn(C)c2)n2nnc3cc(-c4ccnc(Nc5ccnn5C)n4)ccc32)cc1F. The van der Waals surface area contributed by atoms with Crippen LogP contribution in [0.25, 0.3) is 22.3 Å². The van der Waals surface area contributed by atoms with Crippen molar-refractivity contribution in [2.75, 3.05) is 5.32 Å². The normalized spacial score (nSPS) is 12.2. The van der Waals surface area contributed by atoms with Gasteiger partial charge in [-0.1, -0.05) is 23.4 Å². The van der Waals surface area contributed by atoms with E-state index in [1.165, 1.54) is 0 Å². The van der Waals surface area contributed by atoms with Crippen molar-refractivity contribution in [3.63, 3.8) is 0 Å². The largest absolute Gasteiger partial charge is 0.309 e. The molecule has 0 fully saturated rings. The second-order valence-electron chi connectivity index (χ2n) is 8.83. The highest BCUT2D eigenvalue weighted by Gasteiger charge is 2.23. The maximum Gasteiger partial charge on any atom is 0.228 e. The molecule has 6 aromatic rings. The monoisotopic (exact) mass is 494 g/mol. The number of nitrogens with zero attached hydrogens (tertiary/aromatic N) is 9. The Labute approximate surface area is 211 Å². The molecular formula is C26H23FN10. The third-order valence-corrected chi connectivity index (χ3v) is 6.28. The van der Waals surface area contributed by atoms with Crippen LogP contribution in [0.5, 0.6) is 0 Å². The van der Waals surface area contributed by atoms with Crippen molar-refractivity contribution < 1.29 is 4.39 Å². The number of benzene rings is 2. The summed E-state index contributed by atoms with van der Waals surface area (Å²) in [6.07, 6.45) is 7.07. The number of halogens is 1. The molecule has 0 radical (unpaired) electrons. The summed E-state index contributed by atoms with van der Waals surface area (Å²) in [6.45, 7) is 1.75. The number of rotatable bonds is 6. The maximum atomic E-state index is 14.5. The first-order valence-electron chi connectivity index (χ1n) is 11.6. The predicted octanol–water partition coefficient (Wildman–Crippen LogP) is 4.18. The van der Waals surface area contributed by atoms with E-state index in [9.17, 15) is 4.39 Å². The number of hydrogen-bond donors (Lipinski definition) is 1. The molecule has 6 rings (SSSR count). The van der Waals surface area contributed by atoms with Crippen molar-refractivity contribution in [2.24, 2.45) is 14.1 Å². The van der Waals surface area contributed by atoms with E-state index in [2.05, 4.69) is 35.8 Å². The summed E-state index contributed by atoms with van der Waals surface area (Å²) < 4.78 is 19.8.